The first-order chi connectivity index (χ1) is 10.2. The van der Waals surface area contributed by atoms with E-state index in [9.17, 15) is 0 Å². The van der Waals surface area contributed by atoms with Crippen LogP contribution in [0, 0.1) is 5.41 Å². The average molecular weight is 294 g/mol. The van der Waals surface area contributed by atoms with Crippen LogP contribution in [0.5, 0.6) is 0 Å². The van der Waals surface area contributed by atoms with E-state index in [1.165, 1.54) is 64.5 Å². The maximum atomic E-state index is 5.91. The molecule has 1 aliphatic heterocycles. The van der Waals surface area contributed by atoms with Crippen LogP contribution in [0.2, 0.25) is 0 Å². The number of ether oxygens (including phenoxy) is 1. The van der Waals surface area contributed by atoms with E-state index in [-0.39, 0.29) is 0 Å². The molecule has 0 spiro atoms. The summed E-state index contributed by atoms with van der Waals surface area (Å²) in [6.07, 6.45) is 12.2. The van der Waals surface area contributed by atoms with Gasteiger partial charge in [-0.05, 0) is 44.9 Å². The quantitative estimate of drug-likeness (QED) is 0.788. The number of hydrogen-bond acceptors (Lipinski definition) is 3. The minimum Gasteiger partial charge on any atom is -0.373 e. The highest BCUT2D eigenvalue weighted by Gasteiger charge is 2.36. The first-order valence-corrected chi connectivity index (χ1v) is 9.26. The Kier molecular flexibility index (Phi) is 5.23. The lowest BCUT2D eigenvalue weighted by atomic mass is 9.79. The van der Waals surface area contributed by atoms with Crippen molar-refractivity contribution in [2.45, 2.75) is 83.5 Å². The molecule has 3 rings (SSSR count). The Morgan fingerprint density at radius 2 is 1.62 bits per heavy atom. The summed E-state index contributed by atoms with van der Waals surface area (Å²) < 4.78 is 5.91. The predicted molar refractivity (Wildman–Crippen MR) is 87.6 cm³/mol. The number of hydrogen-bond donors (Lipinski definition) is 1. The minimum atomic E-state index is 0.396. The summed E-state index contributed by atoms with van der Waals surface area (Å²) in [5.74, 6) is 0. The fourth-order valence-corrected chi connectivity index (χ4v) is 4.41. The van der Waals surface area contributed by atoms with E-state index in [1.54, 1.807) is 0 Å². The zero-order chi connectivity index (χ0) is 14.7. The second-order valence-electron chi connectivity index (χ2n) is 8.02. The standard InChI is InChI=1S/C18H34N2O/c1-15-11-20(12-16(2)21-15)14-18(13-19-17-7-8-17)9-5-3-4-6-10-18/h15-17,19H,3-14H2,1-2H3/t15-,16+. The van der Waals surface area contributed by atoms with Gasteiger partial charge in [-0.1, -0.05) is 25.7 Å². The van der Waals surface area contributed by atoms with Crippen LogP contribution in [-0.4, -0.2) is 49.3 Å². The molecule has 1 saturated heterocycles. The van der Waals surface area contributed by atoms with E-state index in [2.05, 4.69) is 24.1 Å². The number of morpholine rings is 1. The molecule has 0 aromatic heterocycles. The van der Waals surface area contributed by atoms with Crippen LogP contribution in [0.4, 0.5) is 0 Å². The highest BCUT2D eigenvalue weighted by atomic mass is 16.5. The number of rotatable bonds is 5. The molecule has 2 atom stereocenters. The van der Waals surface area contributed by atoms with Crippen molar-refractivity contribution in [3.63, 3.8) is 0 Å². The smallest absolute Gasteiger partial charge is 0.0678 e. The second kappa shape index (κ2) is 6.97. The molecule has 2 saturated carbocycles. The molecule has 0 bridgehead atoms. The van der Waals surface area contributed by atoms with Crippen LogP contribution in [0.25, 0.3) is 0 Å². The van der Waals surface area contributed by atoms with Crippen molar-refractivity contribution in [1.29, 1.82) is 0 Å². The number of nitrogens with one attached hydrogen (secondary N) is 1. The van der Waals surface area contributed by atoms with Crippen molar-refractivity contribution >= 4 is 0 Å². The van der Waals surface area contributed by atoms with Gasteiger partial charge in [-0.3, -0.25) is 4.90 Å². The third-order valence-electron chi connectivity index (χ3n) is 5.56. The van der Waals surface area contributed by atoms with Crippen LogP contribution < -0.4 is 5.32 Å². The molecule has 3 heteroatoms. The zero-order valence-electron chi connectivity index (χ0n) is 14.1. The van der Waals surface area contributed by atoms with Crippen LogP contribution in [0.1, 0.15) is 65.2 Å². The van der Waals surface area contributed by atoms with Gasteiger partial charge in [0.15, 0.2) is 0 Å². The average Bonchev–Trinajstić information content (AvgIpc) is 3.23. The first-order valence-electron chi connectivity index (χ1n) is 9.26. The van der Waals surface area contributed by atoms with Crippen molar-refractivity contribution in [2.24, 2.45) is 5.41 Å². The Labute approximate surface area is 130 Å². The molecular weight excluding hydrogens is 260 g/mol. The third kappa shape index (κ3) is 4.67. The van der Waals surface area contributed by atoms with E-state index in [0.717, 1.165) is 19.1 Å². The van der Waals surface area contributed by atoms with Gasteiger partial charge >= 0.3 is 0 Å². The van der Waals surface area contributed by atoms with Crippen molar-refractivity contribution in [2.75, 3.05) is 26.2 Å². The van der Waals surface area contributed by atoms with Crippen molar-refractivity contribution in [3.05, 3.63) is 0 Å². The molecular formula is C18H34N2O. The summed E-state index contributed by atoms with van der Waals surface area (Å²) in [4.78, 5) is 2.69. The van der Waals surface area contributed by atoms with Crippen molar-refractivity contribution < 1.29 is 4.74 Å². The van der Waals surface area contributed by atoms with Gasteiger partial charge in [0.25, 0.3) is 0 Å². The molecule has 3 fully saturated rings. The van der Waals surface area contributed by atoms with Crippen LogP contribution in [-0.2, 0) is 4.74 Å². The van der Waals surface area contributed by atoms with Crippen LogP contribution >= 0.6 is 0 Å². The summed E-state index contributed by atoms with van der Waals surface area (Å²) in [7, 11) is 0. The highest BCUT2D eigenvalue weighted by molar-refractivity contribution is 4.92. The molecule has 1 heterocycles. The van der Waals surface area contributed by atoms with Crippen molar-refractivity contribution in [1.82, 2.24) is 10.2 Å². The molecule has 2 aliphatic carbocycles. The molecule has 1 N–H and O–H groups in total. The Balaban J connectivity index is 1.61. The fraction of sp³-hybridized carbons (Fsp3) is 1.00. The lowest BCUT2D eigenvalue weighted by molar-refractivity contribution is -0.0789. The maximum absolute atomic E-state index is 5.91. The first kappa shape index (κ1) is 15.8. The molecule has 0 aromatic rings. The van der Waals surface area contributed by atoms with Gasteiger partial charge in [-0.15, -0.1) is 0 Å². The summed E-state index contributed by atoms with van der Waals surface area (Å²) in [5.41, 5.74) is 0.524. The third-order valence-corrected chi connectivity index (χ3v) is 5.56. The van der Waals surface area contributed by atoms with Gasteiger partial charge in [0, 0.05) is 32.2 Å². The second-order valence-corrected chi connectivity index (χ2v) is 8.02. The Morgan fingerprint density at radius 1 is 1.00 bits per heavy atom. The van der Waals surface area contributed by atoms with Gasteiger partial charge in [-0.2, -0.15) is 0 Å². The number of nitrogens with zero attached hydrogens (tertiary/aromatic N) is 1. The molecule has 3 nitrogen and oxygen atoms in total. The van der Waals surface area contributed by atoms with Gasteiger partial charge in [-0.25, -0.2) is 0 Å². The molecule has 0 radical (unpaired) electrons. The summed E-state index contributed by atoms with van der Waals surface area (Å²) in [6.45, 7) is 9.23. The van der Waals surface area contributed by atoms with Gasteiger partial charge in [0.1, 0.15) is 0 Å². The molecule has 0 amide bonds. The van der Waals surface area contributed by atoms with Crippen LogP contribution in [0.3, 0.4) is 0 Å². The largest absolute Gasteiger partial charge is 0.373 e. The molecule has 122 valence electrons. The van der Waals surface area contributed by atoms with E-state index in [4.69, 9.17) is 4.74 Å². The Hall–Kier alpha value is -0.120. The maximum Gasteiger partial charge on any atom is 0.0678 e. The molecule has 3 aliphatic rings. The monoisotopic (exact) mass is 294 g/mol. The van der Waals surface area contributed by atoms with Crippen LogP contribution in [0.15, 0.2) is 0 Å². The van der Waals surface area contributed by atoms with Gasteiger partial charge in [0.2, 0.25) is 0 Å². The lowest BCUT2D eigenvalue weighted by Gasteiger charge is -2.43. The Bertz CT molecular complexity index is 311. The summed E-state index contributed by atoms with van der Waals surface area (Å²) >= 11 is 0. The molecule has 0 unspecified atom stereocenters. The van der Waals surface area contributed by atoms with E-state index < -0.39 is 0 Å². The normalized spacial score (nSPS) is 34.6. The SMILES string of the molecule is C[C@@H]1CN(CC2(CNC3CC3)CCCCCC2)C[C@H](C)O1. The van der Waals surface area contributed by atoms with E-state index >= 15 is 0 Å². The van der Waals surface area contributed by atoms with Crippen molar-refractivity contribution in [3.8, 4) is 0 Å². The summed E-state index contributed by atoms with van der Waals surface area (Å²) in [6, 6.07) is 0.840. The topological polar surface area (TPSA) is 24.5 Å². The van der Waals surface area contributed by atoms with Gasteiger partial charge in [0.05, 0.1) is 12.2 Å². The molecule has 21 heavy (non-hydrogen) atoms. The Morgan fingerprint density at radius 3 is 2.19 bits per heavy atom. The predicted octanol–water partition coefficient (Wildman–Crippen LogP) is 3.19. The summed E-state index contributed by atoms with van der Waals surface area (Å²) in [5, 5.41) is 3.85. The zero-order valence-corrected chi connectivity index (χ0v) is 14.1. The van der Waals surface area contributed by atoms with Gasteiger partial charge < -0.3 is 10.1 Å². The van der Waals surface area contributed by atoms with E-state index in [1.807, 2.05) is 0 Å². The minimum absolute atomic E-state index is 0.396. The molecule has 0 aromatic carbocycles. The lowest BCUT2D eigenvalue weighted by Crippen LogP contribution is -2.51. The highest BCUT2D eigenvalue weighted by Crippen LogP contribution is 2.37. The van der Waals surface area contributed by atoms with E-state index in [0.29, 0.717) is 17.6 Å². The fourth-order valence-electron chi connectivity index (χ4n) is 4.41.